The molecule has 1 N–H and O–H groups in total. The van der Waals surface area contributed by atoms with Crippen molar-refractivity contribution >= 4 is 11.8 Å². The van der Waals surface area contributed by atoms with Gasteiger partial charge in [0.15, 0.2) is 11.5 Å². The molecule has 0 radical (unpaired) electrons. The van der Waals surface area contributed by atoms with E-state index in [4.69, 9.17) is 9.47 Å². The van der Waals surface area contributed by atoms with Crippen molar-refractivity contribution in [2.45, 2.75) is 26.3 Å². The number of nitrogens with zero attached hydrogens (tertiary/aromatic N) is 1. The lowest BCUT2D eigenvalue weighted by atomic mass is 9.98. The molecule has 0 fully saturated rings. The number of aryl methyl sites for hydroxylation is 1. The van der Waals surface area contributed by atoms with Crippen molar-refractivity contribution in [3.63, 3.8) is 0 Å². The SMILES string of the molecule is COc1cc2c(cc1OC)CN(C(=O)CNC(=O)Cc1cccc(C)c1)CC2. The van der Waals surface area contributed by atoms with Gasteiger partial charge in [-0.1, -0.05) is 29.8 Å². The zero-order valence-corrected chi connectivity index (χ0v) is 16.6. The molecule has 0 atom stereocenters. The molecule has 2 aromatic carbocycles. The molecule has 2 aromatic rings. The zero-order valence-electron chi connectivity index (χ0n) is 16.6. The van der Waals surface area contributed by atoms with Crippen molar-refractivity contribution in [3.05, 3.63) is 58.7 Å². The van der Waals surface area contributed by atoms with Crippen molar-refractivity contribution < 1.29 is 19.1 Å². The fourth-order valence-electron chi connectivity index (χ4n) is 3.45. The number of hydrogen-bond acceptors (Lipinski definition) is 4. The van der Waals surface area contributed by atoms with Gasteiger partial charge in [-0.05, 0) is 42.2 Å². The third-order valence-corrected chi connectivity index (χ3v) is 4.95. The number of fused-ring (bicyclic) bond motifs is 1. The van der Waals surface area contributed by atoms with Crippen LogP contribution in [0.1, 0.15) is 22.3 Å². The summed E-state index contributed by atoms with van der Waals surface area (Å²) in [6.45, 7) is 3.12. The van der Waals surface area contributed by atoms with Crippen LogP contribution in [0.4, 0.5) is 0 Å². The molecule has 1 aliphatic heterocycles. The van der Waals surface area contributed by atoms with E-state index in [1.807, 2.05) is 43.3 Å². The number of nitrogens with one attached hydrogen (secondary N) is 1. The Balaban J connectivity index is 1.56. The van der Waals surface area contributed by atoms with Gasteiger partial charge < -0.3 is 19.7 Å². The Kier molecular flexibility index (Phi) is 6.19. The van der Waals surface area contributed by atoms with Crippen LogP contribution in [0, 0.1) is 6.92 Å². The van der Waals surface area contributed by atoms with Gasteiger partial charge in [0.25, 0.3) is 0 Å². The zero-order chi connectivity index (χ0) is 20.1. The number of amides is 2. The normalized spacial score (nSPS) is 12.9. The van der Waals surface area contributed by atoms with Crippen LogP contribution in [-0.2, 0) is 29.0 Å². The average Bonchev–Trinajstić information content (AvgIpc) is 2.70. The van der Waals surface area contributed by atoms with Crippen molar-refractivity contribution in [1.29, 1.82) is 0 Å². The molecule has 1 aliphatic rings. The first-order chi connectivity index (χ1) is 13.5. The first kappa shape index (κ1) is 19.7. The fourth-order valence-corrected chi connectivity index (χ4v) is 3.45. The largest absolute Gasteiger partial charge is 0.493 e. The lowest BCUT2D eigenvalue weighted by Crippen LogP contribution is -2.42. The van der Waals surface area contributed by atoms with Crippen LogP contribution >= 0.6 is 0 Å². The van der Waals surface area contributed by atoms with Gasteiger partial charge in [-0.15, -0.1) is 0 Å². The second-order valence-corrected chi connectivity index (χ2v) is 6.98. The highest BCUT2D eigenvalue weighted by Crippen LogP contribution is 2.33. The monoisotopic (exact) mass is 382 g/mol. The Morgan fingerprint density at radius 2 is 1.79 bits per heavy atom. The quantitative estimate of drug-likeness (QED) is 0.832. The number of ether oxygens (including phenoxy) is 2. The molecule has 0 aromatic heterocycles. The minimum Gasteiger partial charge on any atom is -0.493 e. The standard InChI is InChI=1S/C22H26N2O4/c1-15-5-4-6-16(9-15)10-21(25)23-13-22(26)24-8-7-17-11-19(27-2)20(28-3)12-18(17)14-24/h4-6,9,11-12H,7-8,10,13-14H2,1-3H3,(H,23,25). The predicted molar refractivity (Wildman–Crippen MR) is 107 cm³/mol. The molecule has 0 aliphatic carbocycles. The topological polar surface area (TPSA) is 67.9 Å². The van der Waals surface area contributed by atoms with Gasteiger partial charge in [0.2, 0.25) is 11.8 Å². The van der Waals surface area contributed by atoms with Crippen LogP contribution in [-0.4, -0.2) is 44.0 Å². The average molecular weight is 382 g/mol. The van der Waals surface area contributed by atoms with E-state index in [-0.39, 0.29) is 24.8 Å². The van der Waals surface area contributed by atoms with E-state index in [2.05, 4.69) is 5.32 Å². The van der Waals surface area contributed by atoms with E-state index in [0.29, 0.717) is 24.6 Å². The Bertz CT molecular complexity index is 879. The van der Waals surface area contributed by atoms with E-state index in [1.54, 1.807) is 19.1 Å². The lowest BCUT2D eigenvalue weighted by molar-refractivity contribution is -0.133. The van der Waals surface area contributed by atoms with Gasteiger partial charge in [-0.2, -0.15) is 0 Å². The van der Waals surface area contributed by atoms with Crippen LogP contribution in [0.15, 0.2) is 36.4 Å². The maximum absolute atomic E-state index is 12.6. The van der Waals surface area contributed by atoms with Crippen molar-refractivity contribution in [3.8, 4) is 11.5 Å². The van der Waals surface area contributed by atoms with Crippen molar-refractivity contribution in [2.75, 3.05) is 27.3 Å². The summed E-state index contributed by atoms with van der Waals surface area (Å²) in [5.41, 5.74) is 4.26. The molecular weight excluding hydrogens is 356 g/mol. The van der Waals surface area contributed by atoms with Crippen LogP contribution in [0.2, 0.25) is 0 Å². The molecule has 0 spiro atoms. The molecule has 0 saturated carbocycles. The fraction of sp³-hybridized carbons (Fsp3) is 0.364. The van der Waals surface area contributed by atoms with Gasteiger partial charge >= 0.3 is 0 Å². The predicted octanol–water partition coefficient (Wildman–Crippen LogP) is 2.26. The van der Waals surface area contributed by atoms with Crippen LogP contribution in [0.5, 0.6) is 11.5 Å². The number of benzene rings is 2. The lowest BCUT2D eigenvalue weighted by Gasteiger charge is -2.29. The van der Waals surface area contributed by atoms with Crippen LogP contribution < -0.4 is 14.8 Å². The maximum Gasteiger partial charge on any atom is 0.242 e. The summed E-state index contributed by atoms with van der Waals surface area (Å²) in [6, 6.07) is 11.7. The highest BCUT2D eigenvalue weighted by Gasteiger charge is 2.23. The minimum atomic E-state index is -0.150. The van der Waals surface area contributed by atoms with Crippen LogP contribution in [0.25, 0.3) is 0 Å². The third-order valence-electron chi connectivity index (χ3n) is 4.95. The number of rotatable bonds is 6. The molecule has 3 rings (SSSR count). The number of methoxy groups -OCH3 is 2. The van der Waals surface area contributed by atoms with Gasteiger partial charge in [-0.25, -0.2) is 0 Å². The molecule has 6 heteroatoms. The molecule has 0 unspecified atom stereocenters. The first-order valence-electron chi connectivity index (χ1n) is 9.34. The Labute approximate surface area is 165 Å². The molecule has 1 heterocycles. The highest BCUT2D eigenvalue weighted by atomic mass is 16.5. The molecular formula is C22H26N2O4. The van der Waals surface area contributed by atoms with E-state index in [0.717, 1.165) is 28.7 Å². The molecule has 148 valence electrons. The third kappa shape index (κ3) is 4.63. The Morgan fingerprint density at radius 1 is 1.07 bits per heavy atom. The number of carbonyl (C=O) groups excluding carboxylic acids is 2. The first-order valence-corrected chi connectivity index (χ1v) is 9.34. The molecule has 6 nitrogen and oxygen atoms in total. The molecule has 28 heavy (non-hydrogen) atoms. The van der Waals surface area contributed by atoms with Gasteiger partial charge in [0.05, 0.1) is 27.2 Å². The van der Waals surface area contributed by atoms with Gasteiger partial charge in [0.1, 0.15) is 0 Å². The summed E-state index contributed by atoms with van der Waals surface area (Å²) in [6.07, 6.45) is 1.02. The molecule has 0 bridgehead atoms. The summed E-state index contributed by atoms with van der Waals surface area (Å²) < 4.78 is 10.7. The Hall–Kier alpha value is -3.02. The van der Waals surface area contributed by atoms with E-state index in [1.165, 1.54) is 0 Å². The van der Waals surface area contributed by atoms with E-state index < -0.39 is 0 Å². The Morgan fingerprint density at radius 3 is 2.46 bits per heavy atom. The smallest absolute Gasteiger partial charge is 0.242 e. The number of hydrogen-bond donors (Lipinski definition) is 1. The molecule has 0 saturated heterocycles. The van der Waals surface area contributed by atoms with E-state index in [9.17, 15) is 9.59 Å². The second kappa shape index (κ2) is 8.78. The second-order valence-electron chi connectivity index (χ2n) is 6.98. The van der Waals surface area contributed by atoms with Crippen LogP contribution in [0.3, 0.4) is 0 Å². The summed E-state index contributed by atoms with van der Waals surface area (Å²) in [7, 11) is 3.21. The summed E-state index contributed by atoms with van der Waals surface area (Å²) >= 11 is 0. The highest BCUT2D eigenvalue weighted by molar-refractivity contribution is 5.86. The minimum absolute atomic E-state index is 0.00721. The number of carbonyl (C=O) groups is 2. The van der Waals surface area contributed by atoms with Crippen molar-refractivity contribution in [1.82, 2.24) is 10.2 Å². The maximum atomic E-state index is 12.6. The summed E-state index contributed by atoms with van der Waals surface area (Å²) in [5.74, 6) is 1.12. The summed E-state index contributed by atoms with van der Waals surface area (Å²) in [4.78, 5) is 26.5. The van der Waals surface area contributed by atoms with E-state index >= 15 is 0 Å². The molecule has 2 amide bonds. The van der Waals surface area contributed by atoms with Gasteiger partial charge in [-0.3, -0.25) is 9.59 Å². The van der Waals surface area contributed by atoms with Crippen molar-refractivity contribution in [2.24, 2.45) is 0 Å². The summed E-state index contributed by atoms with van der Waals surface area (Å²) in [5, 5.41) is 2.74. The van der Waals surface area contributed by atoms with Gasteiger partial charge in [0, 0.05) is 13.1 Å².